The zero-order chi connectivity index (χ0) is 20.6. The van der Waals surface area contributed by atoms with Crippen molar-refractivity contribution in [2.24, 2.45) is 7.05 Å². The van der Waals surface area contributed by atoms with Gasteiger partial charge in [-0.05, 0) is 31.0 Å². The Morgan fingerprint density at radius 2 is 1.96 bits per heavy atom. The van der Waals surface area contributed by atoms with Gasteiger partial charge in [0.05, 0.1) is 11.2 Å². The molecule has 0 unspecified atom stereocenters. The number of benzene rings is 1. The number of alkyl halides is 3. The van der Waals surface area contributed by atoms with E-state index >= 15 is 0 Å². The van der Waals surface area contributed by atoms with Crippen LogP contribution in [-0.4, -0.2) is 32.2 Å². The largest absolute Gasteiger partial charge is 0.573 e. The van der Waals surface area contributed by atoms with Crippen molar-refractivity contribution < 1.29 is 23.0 Å². The number of nitrogens with one attached hydrogen (secondary N) is 1. The third-order valence-electron chi connectivity index (χ3n) is 4.43. The van der Waals surface area contributed by atoms with Crippen molar-refractivity contribution >= 4 is 11.0 Å². The number of aromatic amines is 1. The molecule has 1 aromatic carbocycles. The Bertz CT molecular complexity index is 1140. The van der Waals surface area contributed by atoms with E-state index in [1.165, 1.54) is 29.8 Å². The number of H-pyrrole nitrogens is 1. The maximum Gasteiger partial charge on any atom is 0.573 e. The Morgan fingerprint density at radius 1 is 1.25 bits per heavy atom. The highest BCUT2D eigenvalue weighted by molar-refractivity contribution is 5.87. The molecule has 2 heterocycles. The van der Waals surface area contributed by atoms with Gasteiger partial charge in [0.1, 0.15) is 11.3 Å². The molecule has 0 radical (unpaired) electrons. The molecule has 2 aromatic heterocycles. The predicted octanol–water partition coefficient (Wildman–Crippen LogP) is 2.28. The van der Waals surface area contributed by atoms with Gasteiger partial charge in [0.2, 0.25) is 0 Å². The number of halogens is 3. The second-order valence-electron chi connectivity index (χ2n) is 6.30. The molecular weight excluding hydrogens is 379 g/mol. The molecule has 0 aliphatic rings. The fraction of sp³-hybridized carbons (Fsp3) is 0.333. The van der Waals surface area contributed by atoms with Gasteiger partial charge in [-0.3, -0.25) is 13.9 Å². The summed E-state index contributed by atoms with van der Waals surface area (Å²) in [7, 11) is 1.51. The van der Waals surface area contributed by atoms with Crippen LogP contribution in [0.1, 0.15) is 12.0 Å². The minimum atomic E-state index is -4.82. The number of hydrogen-bond donors (Lipinski definition) is 2. The maximum atomic E-state index is 12.7. The van der Waals surface area contributed by atoms with E-state index in [2.05, 4.69) is 9.72 Å². The van der Waals surface area contributed by atoms with Crippen LogP contribution in [0.5, 0.6) is 5.75 Å². The van der Waals surface area contributed by atoms with Crippen LogP contribution < -0.4 is 16.0 Å². The SMILES string of the molecule is Cc1c(-c2cccc(OC(F)(F)F)c2)[nH]c2c(=O)n(CCCO)c(=O)n(C)c12. The lowest BCUT2D eigenvalue weighted by Gasteiger charge is -2.10. The highest BCUT2D eigenvalue weighted by Crippen LogP contribution is 2.31. The van der Waals surface area contributed by atoms with Crippen LogP contribution in [0, 0.1) is 6.92 Å². The van der Waals surface area contributed by atoms with Crippen LogP contribution in [0.3, 0.4) is 0 Å². The highest BCUT2D eigenvalue weighted by Gasteiger charge is 2.31. The number of aryl methyl sites for hydroxylation is 2. The van der Waals surface area contributed by atoms with Crippen LogP contribution in [-0.2, 0) is 13.6 Å². The molecule has 3 aromatic rings. The molecule has 0 bridgehead atoms. The molecule has 0 fully saturated rings. The van der Waals surface area contributed by atoms with E-state index in [0.717, 1.165) is 4.57 Å². The number of fused-ring (bicyclic) bond motifs is 1. The molecule has 3 rings (SSSR count). The number of aromatic nitrogens is 3. The van der Waals surface area contributed by atoms with E-state index in [4.69, 9.17) is 5.11 Å². The Labute approximate surface area is 156 Å². The molecule has 0 aliphatic carbocycles. The molecule has 0 saturated heterocycles. The Hall–Kier alpha value is -3.01. The summed E-state index contributed by atoms with van der Waals surface area (Å²) in [6.45, 7) is 1.55. The quantitative estimate of drug-likeness (QED) is 0.691. The fourth-order valence-electron chi connectivity index (χ4n) is 3.22. The number of nitrogens with zero attached hydrogens (tertiary/aromatic N) is 2. The van der Waals surface area contributed by atoms with Gasteiger partial charge in [0, 0.05) is 25.8 Å². The summed E-state index contributed by atoms with van der Waals surface area (Å²) < 4.78 is 43.7. The second-order valence-corrected chi connectivity index (χ2v) is 6.30. The van der Waals surface area contributed by atoms with Gasteiger partial charge >= 0.3 is 12.1 Å². The van der Waals surface area contributed by atoms with Crippen LogP contribution >= 0.6 is 0 Å². The van der Waals surface area contributed by atoms with Gasteiger partial charge in [0.25, 0.3) is 5.56 Å². The molecule has 0 saturated carbocycles. The van der Waals surface area contributed by atoms with Crippen LogP contribution in [0.25, 0.3) is 22.3 Å². The van der Waals surface area contributed by atoms with Gasteiger partial charge < -0.3 is 14.8 Å². The summed E-state index contributed by atoms with van der Waals surface area (Å²) in [6.07, 6.45) is -4.58. The first kappa shape index (κ1) is 19.7. The van der Waals surface area contributed by atoms with E-state index in [1.807, 2.05) is 0 Å². The molecule has 0 atom stereocenters. The first-order valence-electron chi connectivity index (χ1n) is 8.43. The third-order valence-corrected chi connectivity index (χ3v) is 4.43. The lowest BCUT2D eigenvalue weighted by atomic mass is 10.1. The summed E-state index contributed by atoms with van der Waals surface area (Å²) in [5.41, 5.74) is 0.781. The molecule has 0 spiro atoms. The minimum absolute atomic E-state index is 0.0558. The molecule has 2 N–H and O–H groups in total. The standard InChI is InChI=1S/C18H18F3N3O4/c1-10-13(11-5-3-6-12(9-11)28-18(19,20)21)22-14-15(10)23(2)17(27)24(16(14)26)7-4-8-25/h3,5-6,9,22,25H,4,7-8H2,1-2H3. The monoisotopic (exact) mass is 397 g/mol. The van der Waals surface area contributed by atoms with Crippen molar-refractivity contribution in [2.45, 2.75) is 26.3 Å². The van der Waals surface area contributed by atoms with Crippen LogP contribution in [0.15, 0.2) is 33.9 Å². The van der Waals surface area contributed by atoms with E-state index in [1.54, 1.807) is 13.0 Å². The van der Waals surface area contributed by atoms with Gasteiger partial charge in [-0.15, -0.1) is 13.2 Å². The van der Waals surface area contributed by atoms with E-state index in [-0.39, 0.29) is 25.1 Å². The Kier molecular flexibility index (Phi) is 5.07. The van der Waals surface area contributed by atoms with Gasteiger partial charge in [-0.1, -0.05) is 12.1 Å². The highest BCUT2D eigenvalue weighted by atomic mass is 19.4. The molecule has 28 heavy (non-hydrogen) atoms. The van der Waals surface area contributed by atoms with E-state index in [0.29, 0.717) is 22.3 Å². The van der Waals surface area contributed by atoms with E-state index < -0.39 is 23.4 Å². The van der Waals surface area contributed by atoms with E-state index in [9.17, 15) is 22.8 Å². The molecule has 7 nitrogen and oxygen atoms in total. The maximum absolute atomic E-state index is 12.7. The Balaban J connectivity index is 2.19. The zero-order valence-corrected chi connectivity index (χ0v) is 15.1. The predicted molar refractivity (Wildman–Crippen MR) is 96.4 cm³/mol. The van der Waals surface area contributed by atoms with Crippen molar-refractivity contribution in [3.8, 4) is 17.0 Å². The third kappa shape index (κ3) is 3.55. The van der Waals surface area contributed by atoms with Gasteiger partial charge in [0.15, 0.2) is 0 Å². The smallest absolute Gasteiger partial charge is 0.406 e. The molecule has 0 amide bonds. The Morgan fingerprint density at radius 3 is 2.61 bits per heavy atom. The molecule has 0 aliphatic heterocycles. The zero-order valence-electron chi connectivity index (χ0n) is 15.1. The van der Waals surface area contributed by atoms with Crippen molar-refractivity contribution in [3.05, 3.63) is 50.7 Å². The lowest BCUT2D eigenvalue weighted by Crippen LogP contribution is -2.39. The number of hydrogen-bond acceptors (Lipinski definition) is 4. The van der Waals surface area contributed by atoms with Crippen LogP contribution in [0.2, 0.25) is 0 Å². The molecule has 10 heteroatoms. The second kappa shape index (κ2) is 7.19. The van der Waals surface area contributed by atoms with Crippen molar-refractivity contribution in [3.63, 3.8) is 0 Å². The summed E-state index contributed by atoms with van der Waals surface area (Å²) in [4.78, 5) is 28.2. The number of ether oxygens (including phenoxy) is 1. The fourth-order valence-corrected chi connectivity index (χ4v) is 3.22. The summed E-state index contributed by atoms with van der Waals surface area (Å²) in [6, 6.07) is 5.35. The first-order chi connectivity index (χ1) is 13.1. The number of aliphatic hydroxyl groups excluding tert-OH is 1. The molecular formula is C18H18F3N3O4. The number of rotatable bonds is 5. The summed E-state index contributed by atoms with van der Waals surface area (Å²) in [5.74, 6) is -0.391. The van der Waals surface area contributed by atoms with Gasteiger partial charge in [-0.2, -0.15) is 0 Å². The van der Waals surface area contributed by atoms with Crippen molar-refractivity contribution in [1.29, 1.82) is 0 Å². The van der Waals surface area contributed by atoms with Crippen molar-refractivity contribution in [2.75, 3.05) is 6.61 Å². The first-order valence-corrected chi connectivity index (χ1v) is 8.43. The number of aliphatic hydroxyl groups is 1. The van der Waals surface area contributed by atoms with Crippen LogP contribution in [0.4, 0.5) is 13.2 Å². The summed E-state index contributed by atoms with van der Waals surface area (Å²) >= 11 is 0. The van der Waals surface area contributed by atoms with Gasteiger partial charge in [-0.25, -0.2) is 4.79 Å². The molecule has 150 valence electrons. The topological polar surface area (TPSA) is 89.2 Å². The van der Waals surface area contributed by atoms with Crippen molar-refractivity contribution in [1.82, 2.24) is 14.1 Å². The average Bonchev–Trinajstić information content (AvgIpc) is 2.96. The summed E-state index contributed by atoms with van der Waals surface area (Å²) in [5, 5.41) is 8.97. The lowest BCUT2D eigenvalue weighted by molar-refractivity contribution is -0.274. The average molecular weight is 397 g/mol. The minimum Gasteiger partial charge on any atom is -0.406 e. The normalized spacial score (nSPS) is 11.9.